The molecule has 0 fully saturated rings. The highest BCUT2D eigenvalue weighted by Crippen LogP contribution is 2.13. The minimum atomic E-state index is -3.96. The van der Waals surface area contributed by atoms with Crippen LogP contribution in [-0.4, -0.2) is 31.3 Å². The minimum Gasteiger partial charge on any atom is -0.480 e. The van der Waals surface area contributed by atoms with Crippen LogP contribution in [0, 0.1) is 0 Å². The van der Waals surface area contributed by atoms with Crippen molar-refractivity contribution in [2.24, 2.45) is 0 Å². The quantitative estimate of drug-likeness (QED) is 0.584. The summed E-state index contributed by atoms with van der Waals surface area (Å²) in [6.45, 7) is 1.23. The van der Waals surface area contributed by atoms with Crippen LogP contribution in [0.25, 0.3) is 6.08 Å². The first-order valence-corrected chi connectivity index (χ1v) is 8.90. The fourth-order valence-electron chi connectivity index (χ4n) is 1.98. The fraction of sp³-hybridized carbons (Fsp3) is 0.111. The molecule has 0 radical (unpaired) electrons. The van der Waals surface area contributed by atoms with E-state index < -0.39 is 22.0 Å². The second-order valence-corrected chi connectivity index (χ2v) is 7.03. The third-order valence-electron chi connectivity index (χ3n) is 3.38. The van der Waals surface area contributed by atoms with Crippen LogP contribution in [0.1, 0.15) is 22.8 Å². The largest absolute Gasteiger partial charge is 0.480 e. The highest BCUT2D eigenvalue weighted by atomic mass is 32.2. The van der Waals surface area contributed by atoms with Gasteiger partial charge in [-0.3, -0.25) is 9.59 Å². The van der Waals surface area contributed by atoms with Crippen LogP contribution in [0.2, 0.25) is 0 Å². The number of nitrogens with one attached hydrogen (secondary N) is 1. The van der Waals surface area contributed by atoms with Crippen LogP contribution < -0.4 is 4.72 Å². The van der Waals surface area contributed by atoms with E-state index in [1.165, 1.54) is 37.3 Å². The van der Waals surface area contributed by atoms with Gasteiger partial charge in [0.1, 0.15) is 6.04 Å². The standard InChI is InChI=1S/C18H17NO5S/c1-13(18(21)22)19-25(23,24)16-10-8-15(9-11-16)17(20)12-7-14-5-3-2-4-6-14/h2-13,19H,1H3,(H,21,22)/b12-7+/t13-/m0/s1. The number of hydrogen-bond donors (Lipinski definition) is 2. The molecule has 0 saturated carbocycles. The Bertz CT molecular complexity index is 887. The van der Waals surface area contributed by atoms with Gasteiger partial charge in [-0.15, -0.1) is 0 Å². The van der Waals surface area contributed by atoms with E-state index in [-0.39, 0.29) is 10.7 Å². The first kappa shape index (κ1) is 18.6. The molecule has 6 nitrogen and oxygen atoms in total. The van der Waals surface area contributed by atoms with Crippen LogP contribution in [0.4, 0.5) is 0 Å². The Morgan fingerprint density at radius 3 is 2.20 bits per heavy atom. The molecule has 1 atom stereocenters. The average Bonchev–Trinajstić information content (AvgIpc) is 2.60. The lowest BCUT2D eigenvalue weighted by Gasteiger charge is -2.10. The Balaban J connectivity index is 2.12. The molecule has 0 saturated heterocycles. The van der Waals surface area contributed by atoms with E-state index in [0.29, 0.717) is 5.56 Å². The summed E-state index contributed by atoms with van der Waals surface area (Å²) in [5.74, 6) is -1.54. The summed E-state index contributed by atoms with van der Waals surface area (Å²) in [5.41, 5.74) is 1.21. The molecule has 130 valence electrons. The van der Waals surface area contributed by atoms with Crippen molar-refractivity contribution in [3.63, 3.8) is 0 Å². The molecule has 2 rings (SSSR count). The fourth-order valence-corrected chi connectivity index (χ4v) is 3.18. The summed E-state index contributed by atoms with van der Waals surface area (Å²) in [6, 6.07) is 13.3. The monoisotopic (exact) mass is 359 g/mol. The van der Waals surface area contributed by atoms with Crippen molar-refractivity contribution in [3.8, 4) is 0 Å². The molecule has 0 aliphatic rings. The van der Waals surface area contributed by atoms with Gasteiger partial charge in [0.2, 0.25) is 10.0 Å². The Hall–Kier alpha value is -2.77. The van der Waals surface area contributed by atoms with Gasteiger partial charge in [0.05, 0.1) is 4.90 Å². The van der Waals surface area contributed by atoms with Gasteiger partial charge in [-0.25, -0.2) is 8.42 Å². The number of ketones is 1. The molecule has 2 N–H and O–H groups in total. The maximum atomic E-state index is 12.1. The summed E-state index contributed by atoms with van der Waals surface area (Å²) in [5, 5.41) is 8.78. The number of carboxylic acid groups (broad SMARTS) is 1. The number of allylic oxidation sites excluding steroid dienone is 1. The summed E-state index contributed by atoms with van der Waals surface area (Å²) in [7, 11) is -3.96. The summed E-state index contributed by atoms with van der Waals surface area (Å²) < 4.78 is 26.2. The number of sulfonamides is 1. The molecule has 0 heterocycles. The predicted octanol–water partition coefficient (Wildman–Crippen LogP) is 2.33. The second kappa shape index (κ2) is 7.87. The Morgan fingerprint density at radius 1 is 1.04 bits per heavy atom. The van der Waals surface area contributed by atoms with Gasteiger partial charge < -0.3 is 5.11 Å². The molecule has 0 unspecified atom stereocenters. The lowest BCUT2D eigenvalue weighted by atomic mass is 10.1. The number of carbonyl (C=O) groups is 2. The third kappa shape index (κ3) is 5.10. The number of carbonyl (C=O) groups excluding carboxylic acids is 1. The van der Waals surface area contributed by atoms with Gasteiger partial charge in [0.15, 0.2) is 5.78 Å². The molecular weight excluding hydrogens is 342 g/mol. The normalized spacial score (nSPS) is 12.8. The molecule has 0 aromatic heterocycles. The molecule has 0 bridgehead atoms. The summed E-state index contributed by atoms with van der Waals surface area (Å²) in [6.07, 6.45) is 3.08. The maximum absolute atomic E-state index is 12.1. The zero-order chi connectivity index (χ0) is 18.4. The van der Waals surface area contributed by atoms with Crippen molar-refractivity contribution in [3.05, 3.63) is 71.8 Å². The Kier molecular flexibility index (Phi) is 5.84. The van der Waals surface area contributed by atoms with Crippen LogP contribution in [0.5, 0.6) is 0 Å². The van der Waals surface area contributed by atoms with E-state index in [9.17, 15) is 18.0 Å². The zero-order valence-corrected chi connectivity index (χ0v) is 14.2. The number of hydrogen-bond acceptors (Lipinski definition) is 4. The highest BCUT2D eigenvalue weighted by molar-refractivity contribution is 7.89. The molecule has 0 aliphatic carbocycles. The van der Waals surface area contributed by atoms with Crippen LogP contribution in [-0.2, 0) is 14.8 Å². The van der Waals surface area contributed by atoms with E-state index in [4.69, 9.17) is 5.11 Å². The van der Waals surface area contributed by atoms with Crippen molar-refractivity contribution < 1.29 is 23.1 Å². The number of aliphatic carboxylic acids is 1. The van der Waals surface area contributed by atoms with Crippen molar-refractivity contribution in [1.82, 2.24) is 4.72 Å². The molecule has 2 aromatic carbocycles. The predicted molar refractivity (Wildman–Crippen MR) is 93.7 cm³/mol. The molecule has 0 aliphatic heterocycles. The van der Waals surface area contributed by atoms with Crippen LogP contribution in [0.3, 0.4) is 0 Å². The molecular formula is C18H17NO5S. The van der Waals surface area contributed by atoms with E-state index >= 15 is 0 Å². The van der Waals surface area contributed by atoms with Crippen molar-refractivity contribution in [2.45, 2.75) is 17.9 Å². The van der Waals surface area contributed by atoms with E-state index in [2.05, 4.69) is 0 Å². The van der Waals surface area contributed by atoms with Crippen LogP contribution >= 0.6 is 0 Å². The lowest BCUT2D eigenvalue weighted by molar-refractivity contribution is -0.138. The smallest absolute Gasteiger partial charge is 0.321 e. The average molecular weight is 359 g/mol. The number of carboxylic acids is 1. The SMILES string of the molecule is C[C@H](NS(=O)(=O)c1ccc(C(=O)/C=C/c2ccccc2)cc1)C(=O)O. The van der Waals surface area contributed by atoms with Crippen molar-refractivity contribution in [2.75, 3.05) is 0 Å². The van der Waals surface area contributed by atoms with Crippen molar-refractivity contribution in [1.29, 1.82) is 0 Å². The summed E-state index contributed by atoms with van der Waals surface area (Å²) >= 11 is 0. The van der Waals surface area contributed by atoms with E-state index in [1.807, 2.05) is 35.1 Å². The summed E-state index contributed by atoms with van der Waals surface area (Å²) in [4.78, 5) is 22.8. The first-order chi connectivity index (χ1) is 11.8. The van der Waals surface area contributed by atoms with E-state index in [1.54, 1.807) is 6.08 Å². The Labute approximate surface area is 145 Å². The van der Waals surface area contributed by atoms with Gasteiger partial charge in [-0.2, -0.15) is 4.72 Å². The second-order valence-electron chi connectivity index (χ2n) is 5.31. The van der Waals surface area contributed by atoms with E-state index in [0.717, 1.165) is 5.56 Å². The molecule has 0 spiro atoms. The van der Waals surface area contributed by atoms with Gasteiger partial charge in [-0.05, 0) is 42.8 Å². The van der Waals surface area contributed by atoms with Gasteiger partial charge in [-0.1, -0.05) is 36.4 Å². The van der Waals surface area contributed by atoms with Gasteiger partial charge in [0, 0.05) is 5.56 Å². The topological polar surface area (TPSA) is 101 Å². The van der Waals surface area contributed by atoms with Gasteiger partial charge >= 0.3 is 5.97 Å². The van der Waals surface area contributed by atoms with Gasteiger partial charge in [0.25, 0.3) is 0 Å². The molecule has 7 heteroatoms. The molecule has 2 aromatic rings. The maximum Gasteiger partial charge on any atom is 0.321 e. The van der Waals surface area contributed by atoms with Crippen molar-refractivity contribution >= 4 is 27.9 Å². The Morgan fingerprint density at radius 2 is 1.64 bits per heavy atom. The zero-order valence-electron chi connectivity index (χ0n) is 13.4. The first-order valence-electron chi connectivity index (χ1n) is 7.42. The highest BCUT2D eigenvalue weighted by Gasteiger charge is 2.21. The minimum absolute atomic E-state index is 0.107. The molecule has 25 heavy (non-hydrogen) atoms. The van der Waals surface area contributed by atoms with Crippen LogP contribution in [0.15, 0.2) is 65.6 Å². The number of rotatable bonds is 7. The number of benzene rings is 2. The third-order valence-corrected chi connectivity index (χ3v) is 4.93. The lowest BCUT2D eigenvalue weighted by Crippen LogP contribution is -2.38. The molecule has 0 amide bonds.